The van der Waals surface area contributed by atoms with Gasteiger partial charge in [-0.2, -0.15) is 0 Å². The summed E-state index contributed by atoms with van der Waals surface area (Å²) in [5.41, 5.74) is 0.279. The quantitative estimate of drug-likeness (QED) is 0.784. The molecule has 3 heterocycles. The molecule has 0 aliphatic carbocycles. The molecular weight excluding hydrogens is 384 g/mol. The third-order valence-corrected chi connectivity index (χ3v) is 5.54. The van der Waals surface area contributed by atoms with E-state index in [9.17, 15) is 9.59 Å². The fourth-order valence-electron chi connectivity index (χ4n) is 3.95. The van der Waals surface area contributed by atoms with Gasteiger partial charge in [-0.1, -0.05) is 29.8 Å². The van der Waals surface area contributed by atoms with Crippen LogP contribution in [0.3, 0.4) is 0 Å². The zero-order valence-corrected chi connectivity index (χ0v) is 15.6. The predicted molar refractivity (Wildman–Crippen MR) is 99.8 cm³/mol. The van der Waals surface area contributed by atoms with E-state index in [1.54, 1.807) is 18.2 Å². The molecule has 5 rings (SSSR count). The molecule has 2 aromatic rings. The number of para-hydroxylation sites is 1. The van der Waals surface area contributed by atoms with E-state index in [4.69, 9.17) is 25.8 Å². The molecule has 0 bridgehead atoms. The van der Waals surface area contributed by atoms with Gasteiger partial charge in [0.1, 0.15) is 19.0 Å². The number of rotatable bonds is 2. The predicted octanol–water partition coefficient (Wildman–Crippen LogP) is 2.84. The summed E-state index contributed by atoms with van der Waals surface area (Å²) < 4.78 is 16.8. The van der Waals surface area contributed by atoms with Gasteiger partial charge in [-0.05, 0) is 23.8 Å². The Kier molecular flexibility index (Phi) is 3.87. The molecule has 0 aromatic heterocycles. The van der Waals surface area contributed by atoms with Gasteiger partial charge in [0.05, 0.1) is 18.2 Å². The number of imide groups is 1. The van der Waals surface area contributed by atoms with E-state index >= 15 is 0 Å². The van der Waals surface area contributed by atoms with E-state index < -0.39 is 11.6 Å². The largest absolute Gasteiger partial charge is 0.493 e. The molecule has 8 heteroatoms. The molecular formula is C20H17ClN2O5. The van der Waals surface area contributed by atoms with Gasteiger partial charge in [0.25, 0.3) is 5.91 Å². The van der Waals surface area contributed by atoms with Crippen LogP contribution in [0.15, 0.2) is 36.4 Å². The van der Waals surface area contributed by atoms with Crippen molar-refractivity contribution in [3.8, 4) is 17.2 Å². The Morgan fingerprint density at radius 3 is 2.71 bits per heavy atom. The molecule has 2 aromatic carbocycles. The van der Waals surface area contributed by atoms with Crippen LogP contribution >= 0.6 is 11.6 Å². The molecule has 3 aliphatic heterocycles. The summed E-state index contributed by atoms with van der Waals surface area (Å²) in [4.78, 5) is 27.3. The van der Waals surface area contributed by atoms with E-state index in [1.165, 1.54) is 4.90 Å². The summed E-state index contributed by atoms with van der Waals surface area (Å²) in [7, 11) is 0. The summed E-state index contributed by atoms with van der Waals surface area (Å²) in [5, 5.41) is 3.28. The highest BCUT2D eigenvalue weighted by Gasteiger charge is 2.54. The van der Waals surface area contributed by atoms with Crippen molar-refractivity contribution >= 4 is 23.5 Å². The second-order valence-electron chi connectivity index (χ2n) is 6.92. The van der Waals surface area contributed by atoms with Crippen molar-refractivity contribution in [1.29, 1.82) is 0 Å². The Labute approximate surface area is 166 Å². The van der Waals surface area contributed by atoms with Crippen molar-refractivity contribution in [3.63, 3.8) is 0 Å². The summed E-state index contributed by atoms with van der Waals surface area (Å²) in [5.74, 6) is 1.33. The molecule has 3 aliphatic rings. The lowest BCUT2D eigenvalue weighted by atomic mass is 9.84. The molecule has 0 saturated carbocycles. The lowest BCUT2D eigenvalue weighted by Gasteiger charge is -2.33. The van der Waals surface area contributed by atoms with Gasteiger partial charge in [-0.3, -0.25) is 9.69 Å². The number of nitrogens with one attached hydrogen (secondary N) is 1. The van der Waals surface area contributed by atoms with Crippen molar-refractivity contribution in [2.24, 2.45) is 0 Å². The molecule has 1 spiro atoms. The maximum Gasteiger partial charge on any atom is 0.325 e. The van der Waals surface area contributed by atoms with Gasteiger partial charge in [-0.15, -0.1) is 0 Å². The number of amides is 3. The highest BCUT2D eigenvalue weighted by atomic mass is 35.5. The molecule has 1 saturated heterocycles. The maximum absolute atomic E-state index is 13.3. The molecule has 7 nitrogen and oxygen atoms in total. The SMILES string of the molecule is O=C1N[C@]2(CCOc3ccccc32)C(=O)N1Cc1cc(Cl)c2c(c1)OCCO2. The molecule has 1 atom stereocenters. The highest BCUT2D eigenvalue weighted by molar-refractivity contribution is 6.32. The number of fused-ring (bicyclic) bond motifs is 3. The van der Waals surface area contributed by atoms with Gasteiger partial charge in [0, 0.05) is 12.0 Å². The zero-order valence-electron chi connectivity index (χ0n) is 14.9. The minimum absolute atomic E-state index is 0.0891. The number of hydrogen-bond acceptors (Lipinski definition) is 5. The first kappa shape index (κ1) is 17.2. The van der Waals surface area contributed by atoms with E-state index in [0.717, 1.165) is 0 Å². The van der Waals surface area contributed by atoms with E-state index in [-0.39, 0.29) is 12.5 Å². The first-order valence-electron chi connectivity index (χ1n) is 9.03. The van der Waals surface area contributed by atoms with Crippen LogP contribution in [0.25, 0.3) is 0 Å². The number of hydrogen-bond donors (Lipinski definition) is 1. The third kappa shape index (κ3) is 2.50. The number of ether oxygens (including phenoxy) is 3. The fraction of sp³-hybridized carbons (Fsp3) is 0.300. The number of carbonyl (C=O) groups excluding carboxylic acids is 2. The van der Waals surface area contributed by atoms with Gasteiger partial charge < -0.3 is 19.5 Å². The Bertz CT molecular complexity index is 995. The number of urea groups is 1. The van der Waals surface area contributed by atoms with Crippen LogP contribution in [0, 0.1) is 0 Å². The Hall–Kier alpha value is -2.93. The van der Waals surface area contributed by atoms with Gasteiger partial charge >= 0.3 is 6.03 Å². The molecule has 144 valence electrons. The van der Waals surface area contributed by atoms with E-state index in [2.05, 4.69) is 5.32 Å². The van der Waals surface area contributed by atoms with Crippen molar-refractivity contribution in [2.75, 3.05) is 19.8 Å². The Morgan fingerprint density at radius 1 is 1.04 bits per heavy atom. The average molecular weight is 401 g/mol. The van der Waals surface area contributed by atoms with Crippen LogP contribution in [-0.4, -0.2) is 36.7 Å². The van der Waals surface area contributed by atoms with E-state index in [1.807, 2.05) is 18.2 Å². The monoisotopic (exact) mass is 400 g/mol. The summed E-state index contributed by atoms with van der Waals surface area (Å²) in [6.07, 6.45) is 0.382. The molecule has 0 unspecified atom stereocenters. The minimum atomic E-state index is -1.09. The van der Waals surface area contributed by atoms with Crippen LogP contribution in [-0.2, 0) is 16.9 Å². The van der Waals surface area contributed by atoms with E-state index in [0.29, 0.717) is 59.6 Å². The normalized spacial score (nSPS) is 22.7. The summed E-state index contributed by atoms with van der Waals surface area (Å²) >= 11 is 6.29. The average Bonchev–Trinajstić information content (AvgIpc) is 2.93. The van der Waals surface area contributed by atoms with Gasteiger partial charge in [0.15, 0.2) is 17.0 Å². The smallest absolute Gasteiger partial charge is 0.325 e. The highest BCUT2D eigenvalue weighted by Crippen LogP contribution is 2.42. The number of halogens is 1. The lowest BCUT2D eigenvalue weighted by molar-refractivity contribution is -0.133. The molecule has 3 amide bonds. The summed E-state index contributed by atoms with van der Waals surface area (Å²) in [6, 6.07) is 10.3. The van der Waals surface area contributed by atoms with Crippen LogP contribution in [0.4, 0.5) is 4.79 Å². The van der Waals surface area contributed by atoms with Crippen LogP contribution in [0.1, 0.15) is 17.5 Å². The van der Waals surface area contributed by atoms with Crippen LogP contribution < -0.4 is 19.5 Å². The second kappa shape index (κ2) is 6.31. The van der Waals surface area contributed by atoms with Crippen molar-refractivity contribution in [1.82, 2.24) is 10.2 Å². The lowest BCUT2D eigenvalue weighted by Crippen LogP contribution is -2.47. The number of benzene rings is 2. The van der Waals surface area contributed by atoms with Crippen molar-refractivity contribution < 1.29 is 23.8 Å². The van der Waals surface area contributed by atoms with Crippen molar-refractivity contribution in [3.05, 3.63) is 52.5 Å². The number of carbonyl (C=O) groups is 2. The Morgan fingerprint density at radius 2 is 1.82 bits per heavy atom. The van der Waals surface area contributed by atoms with Crippen molar-refractivity contribution in [2.45, 2.75) is 18.5 Å². The molecule has 0 radical (unpaired) electrons. The topological polar surface area (TPSA) is 77.1 Å². The molecule has 28 heavy (non-hydrogen) atoms. The number of nitrogens with zero attached hydrogens (tertiary/aromatic N) is 1. The molecule has 1 fully saturated rings. The van der Waals surface area contributed by atoms with Gasteiger partial charge in [0.2, 0.25) is 0 Å². The zero-order chi connectivity index (χ0) is 19.3. The summed E-state index contributed by atoms with van der Waals surface area (Å²) in [6.45, 7) is 1.30. The Balaban J connectivity index is 1.48. The standard InChI is InChI=1S/C20H17ClN2O5/c21-14-9-12(10-16-17(14)28-8-7-27-16)11-23-18(24)20(22-19(23)25)5-6-26-15-4-2-1-3-13(15)20/h1-4,9-10H,5-8,11H2,(H,22,25)/t20-/m0/s1. The second-order valence-corrected chi connectivity index (χ2v) is 7.33. The van der Waals surface area contributed by atoms with Crippen LogP contribution in [0.2, 0.25) is 5.02 Å². The van der Waals surface area contributed by atoms with Crippen LogP contribution in [0.5, 0.6) is 17.2 Å². The first-order chi connectivity index (χ1) is 13.6. The first-order valence-corrected chi connectivity index (χ1v) is 9.41. The minimum Gasteiger partial charge on any atom is -0.493 e. The fourth-order valence-corrected chi connectivity index (χ4v) is 4.24. The third-order valence-electron chi connectivity index (χ3n) is 5.25. The van der Waals surface area contributed by atoms with Gasteiger partial charge in [-0.25, -0.2) is 4.79 Å². The maximum atomic E-state index is 13.3. The molecule has 1 N–H and O–H groups in total.